The number of hydrogen-bond donors (Lipinski definition) is 1. The highest BCUT2D eigenvalue weighted by atomic mass is 16.2. The first-order valence-corrected chi connectivity index (χ1v) is 7.34. The number of nitrogens with two attached hydrogens (primary N) is 1. The molecule has 6 heteroatoms. The summed E-state index contributed by atoms with van der Waals surface area (Å²) in [4.78, 5) is 38.1. The van der Waals surface area contributed by atoms with Crippen LogP contribution >= 0.6 is 0 Å². The third-order valence-corrected chi connectivity index (χ3v) is 4.23. The predicted octanol–water partition coefficient (Wildman–Crippen LogP) is -0.235. The van der Waals surface area contributed by atoms with E-state index in [9.17, 15) is 14.4 Å². The fourth-order valence-electron chi connectivity index (χ4n) is 2.93. The maximum absolute atomic E-state index is 12.1. The molecule has 0 saturated carbocycles. The zero-order valence-electron chi connectivity index (χ0n) is 11.8. The van der Waals surface area contributed by atoms with Crippen molar-refractivity contribution in [3.05, 3.63) is 0 Å². The van der Waals surface area contributed by atoms with Crippen molar-refractivity contribution in [2.24, 2.45) is 11.7 Å². The molecule has 0 radical (unpaired) electrons. The molecule has 0 aromatic carbocycles. The minimum atomic E-state index is -0.238. The highest BCUT2D eigenvalue weighted by Gasteiger charge is 2.25. The van der Waals surface area contributed by atoms with Crippen LogP contribution in [0.5, 0.6) is 0 Å². The van der Waals surface area contributed by atoms with Gasteiger partial charge in [-0.2, -0.15) is 0 Å². The molecule has 6 nitrogen and oxygen atoms in total. The van der Waals surface area contributed by atoms with Gasteiger partial charge in [-0.25, -0.2) is 0 Å². The molecule has 0 aromatic rings. The van der Waals surface area contributed by atoms with E-state index in [2.05, 4.69) is 4.90 Å². The highest BCUT2D eigenvalue weighted by Crippen LogP contribution is 2.20. The van der Waals surface area contributed by atoms with E-state index >= 15 is 0 Å². The Kier molecular flexibility index (Phi) is 5.11. The van der Waals surface area contributed by atoms with Crippen LogP contribution in [0.2, 0.25) is 0 Å². The molecule has 2 amide bonds. The predicted molar refractivity (Wildman–Crippen MR) is 73.8 cm³/mol. The molecular weight excluding hydrogens is 258 g/mol. The standard InChI is InChI=1S/C14H23N3O3/c15-13(19)9-11-1-5-16(6-2-11)10-14(20)17-7-3-12(18)4-8-17/h11H,1-10H2,(H2,15,19). The summed E-state index contributed by atoms with van der Waals surface area (Å²) in [5.74, 6) is 0.496. The summed E-state index contributed by atoms with van der Waals surface area (Å²) in [6.45, 7) is 3.25. The van der Waals surface area contributed by atoms with Crippen molar-refractivity contribution < 1.29 is 14.4 Å². The number of amides is 2. The largest absolute Gasteiger partial charge is 0.370 e. The maximum Gasteiger partial charge on any atom is 0.236 e. The number of carbonyl (C=O) groups is 3. The van der Waals surface area contributed by atoms with E-state index in [1.165, 1.54) is 0 Å². The fraction of sp³-hybridized carbons (Fsp3) is 0.786. The molecule has 0 atom stereocenters. The SMILES string of the molecule is NC(=O)CC1CCN(CC(=O)N2CCC(=O)CC2)CC1. The Hall–Kier alpha value is -1.43. The quantitative estimate of drug-likeness (QED) is 0.771. The molecule has 2 aliphatic rings. The molecule has 2 aliphatic heterocycles. The van der Waals surface area contributed by atoms with Crippen LogP contribution in [0.15, 0.2) is 0 Å². The van der Waals surface area contributed by atoms with E-state index < -0.39 is 0 Å². The first-order chi connectivity index (χ1) is 9.54. The molecule has 0 aliphatic carbocycles. The van der Waals surface area contributed by atoms with E-state index in [-0.39, 0.29) is 17.6 Å². The van der Waals surface area contributed by atoms with Gasteiger partial charge in [0.25, 0.3) is 0 Å². The van der Waals surface area contributed by atoms with Crippen molar-refractivity contribution in [2.75, 3.05) is 32.7 Å². The summed E-state index contributed by atoms with van der Waals surface area (Å²) in [6.07, 6.45) is 3.29. The van der Waals surface area contributed by atoms with Crippen LogP contribution in [0, 0.1) is 5.92 Å². The molecule has 2 saturated heterocycles. The zero-order valence-corrected chi connectivity index (χ0v) is 11.8. The van der Waals surface area contributed by atoms with Crippen molar-refractivity contribution in [1.82, 2.24) is 9.80 Å². The second-order valence-corrected chi connectivity index (χ2v) is 5.81. The Bertz CT molecular complexity index is 379. The van der Waals surface area contributed by atoms with E-state index in [1.807, 2.05) is 0 Å². The Labute approximate surface area is 119 Å². The van der Waals surface area contributed by atoms with Gasteiger partial charge in [-0.3, -0.25) is 19.3 Å². The van der Waals surface area contributed by atoms with Gasteiger partial charge in [0, 0.05) is 32.4 Å². The molecule has 0 bridgehead atoms. The number of carbonyl (C=O) groups excluding carboxylic acids is 3. The summed E-state index contributed by atoms with van der Waals surface area (Å²) in [5.41, 5.74) is 5.21. The third-order valence-electron chi connectivity index (χ3n) is 4.23. The number of hydrogen-bond acceptors (Lipinski definition) is 4. The Balaban J connectivity index is 1.71. The molecule has 112 valence electrons. The molecule has 2 fully saturated rings. The van der Waals surface area contributed by atoms with E-state index in [0.717, 1.165) is 25.9 Å². The molecule has 2 heterocycles. The Morgan fingerprint density at radius 3 is 2.25 bits per heavy atom. The number of likely N-dealkylation sites (tertiary alicyclic amines) is 2. The normalized spacial score (nSPS) is 22.0. The van der Waals surface area contributed by atoms with Gasteiger partial charge in [-0.15, -0.1) is 0 Å². The van der Waals surface area contributed by atoms with E-state index in [1.54, 1.807) is 4.90 Å². The van der Waals surface area contributed by atoms with Crippen LogP contribution in [-0.4, -0.2) is 60.1 Å². The molecule has 2 rings (SSSR count). The van der Waals surface area contributed by atoms with Crippen LogP contribution in [0.4, 0.5) is 0 Å². The molecule has 20 heavy (non-hydrogen) atoms. The number of primary amides is 1. The van der Waals surface area contributed by atoms with Gasteiger partial charge in [-0.05, 0) is 31.8 Å². The van der Waals surface area contributed by atoms with Crippen LogP contribution in [0.25, 0.3) is 0 Å². The average molecular weight is 281 g/mol. The van der Waals surface area contributed by atoms with E-state index in [0.29, 0.717) is 44.8 Å². The third kappa shape index (κ3) is 4.30. The average Bonchev–Trinajstić information content (AvgIpc) is 2.41. The monoisotopic (exact) mass is 281 g/mol. The number of Topliss-reactive ketones (excluding diaryl/α,β-unsaturated/α-hetero) is 1. The summed E-state index contributed by atoms with van der Waals surface area (Å²) in [6, 6.07) is 0. The molecular formula is C14H23N3O3. The topological polar surface area (TPSA) is 83.7 Å². The van der Waals surface area contributed by atoms with Gasteiger partial charge in [0.05, 0.1) is 6.54 Å². The maximum atomic E-state index is 12.1. The first-order valence-electron chi connectivity index (χ1n) is 7.34. The smallest absolute Gasteiger partial charge is 0.236 e. The molecule has 0 spiro atoms. The summed E-state index contributed by atoms with van der Waals surface area (Å²) < 4.78 is 0. The van der Waals surface area contributed by atoms with Gasteiger partial charge in [0.2, 0.25) is 11.8 Å². The lowest BCUT2D eigenvalue weighted by Crippen LogP contribution is -2.46. The van der Waals surface area contributed by atoms with Crippen molar-refractivity contribution in [1.29, 1.82) is 0 Å². The van der Waals surface area contributed by atoms with Crippen LogP contribution in [0.1, 0.15) is 32.1 Å². The number of ketones is 1. The fourth-order valence-corrected chi connectivity index (χ4v) is 2.93. The van der Waals surface area contributed by atoms with E-state index in [4.69, 9.17) is 5.73 Å². The van der Waals surface area contributed by atoms with Crippen LogP contribution in [0.3, 0.4) is 0 Å². The lowest BCUT2D eigenvalue weighted by molar-refractivity contribution is -0.136. The molecule has 2 N–H and O–H groups in total. The van der Waals surface area contributed by atoms with Crippen LogP contribution in [-0.2, 0) is 14.4 Å². The summed E-state index contributed by atoms with van der Waals surface area (Å²) in [7, 11) is 0. The van der Waals surface area contributed by atoms with Crippen molar-refractivity contribution in [2.45, 2.75) is 32.1 Å². The van der Waals surface area contributed by atoms with Crippen LogP contribution < -0.4 is 5.73 Å². The molecule has 0 aromatic heterocycles. The minimum absolute atomic E-state index is 0.117. The first kappa shape index (κ1) is 15.0. The number of piperidine rings is 2. The van der Waals surface area contributed by atoms with Gasteiger partial charge >= 0.3 is 0 Å². The minimum Gasteiger partial charge on any atom is -0.370 e. The second-order valence-electron chi connectivity index (χ2n) is 5.81. The summed E-state index contributed by atoms with van der Waals surface area (Å²) in [5, 5.41) is 0. The number of rotatable bonds is 4. The van der Waals surface area contributed by atoms with Gasteiger partial charge in [0.1, 0.15) is 5.78 Å². The van der Waals surface area contributed by atoms with Crippen molar-refractivity contribution in [3.63, 3.8) is 0 Å². The second kappa shape index (κ2) is 6.83. The van der Waals surface area contributed by atoms with Gasteiger partial charge in [-0.1, -0.05) is 0 Å². The van der Waals surface area contributed by atoms with Gasteiger partial charge < -0.3 is 10.6 Å². The molecule has 0 unspecified atom stereocenters. The lowest BCUT2D eigenvalue weighted by atomic mass is 9.93. The van der Waals surface area contributed by atoms with Crippen molar-refractivity contribution in [3.8, 4) is 0 Å². The summed E-state index contributed by atoms with van der Waals surface area (Å²) >= 11 is 0. The number of nitrogens with zero attached hydrogens (tertiary/aromatic N) is 2. The Morgan fingerprint density at radius 2 is 1.70 bits per heavy atom. The van der Waals surface area contributed by atoms with Crippen molar-refractivity contribution >= 4 is 17.6 Å². The van der Waals surface area contributed by atoms with Gasteiger partial charge in [0.15, 0.2) is 0 Å². The Morgan fingerprint density at radius 1 is 1.10 bits per heavy atom. The highest BCUT2D eigenvalue weighted by molar-refractivity contribution is 5.84. The lowest BCUT2D eigenvalue weighted by Gasteiger charge is -2.33. The zero-order chi connectivity index (χ0) is 14.5.